The van der Waals surface area contributed by atoms with Gasteiger partial charge in [-0.1, -0.05) is 35.6 Å². The third-order valence-electron chi connectivity index (χ3n) is 2.52. The monoisotopic (exact) mass is 317 g/mol. The van der Waals surface area contributed by atoms with Crippen LogP contribution in [-0.4, -0.2) is 22.7 Å². The second kappa shape index (κ2) is 6.47. The summed E-state index contributed by atoms with van der Waals surface area (Å²) < 4.78 is 5.37. The first-order valence-corrected chi connectivity index (χ1v) is 7.86. The molecule has 0 fully saturated rings. The van der Waals surface area contributed by atoms with Crippen molar-refractivity contribution >= 4 is 33.7 Å². The van der Waals surface area contributed by atoms with E-state index in [2.05, 4.69) is 15.5 Å². The molecule has 3 rings (SSSR count). The second-order valence-electron chi connectivity index (χ2n) is 4.04. The van der Waals surface area contributed by atoms with Gasteiger partial charge < -0.3 is 4.74 Å². The number of nitrogens with zero attached hydrogens (tertiary/aromatic N) is 2. The fourth-order valence-corrected chi connectivity index (χ4v) is 3.15. The molecule has 0 unspecified atom stereocenters. The minimum atomic E-state index is -0.257. The quantitative estimate of drug-likeness (QED) is 0.784. The Balaban J connectivity index is 1.55. The van der Waals surface area contributed by atoms with Crippen LogP contribution in [0.4, 0.5) is 5.13 Å². The largest absolute Gasteiger partial charge is 0.484 e. The number of aromatic nitrogens is 2. The topological polar surface area (TPSA) is 64.1 Å². The highest BCUT2D eigenvalue weighted by Gasteiger charge is 2.10. The minimum absolute atomic E-state index is 0.0576. The summed E-state index contributed by atoms with van der Waals surface area (Å²) in [6.07, 6.45) is 0. The number of hydrogen-bond acceptors (Lipinski definition) is 6. The van der Waals surface area contributed by atoms with Gasteiger partial charge in [-0.3, -0.25) is 10.1 Å². The summed E-state index contributed by atoms with van der Waals surface area (Å²) in [6.45, 7) is -0.0576. The molecule has 1 aromatic carbocycles. The molecular weight excluding hydrogens is 306 g/mol. The van der Waals surface area contributed by atoms with E-state index >= 15 is 0 Å². The number of para-hydroxylation sites is 1. The Morgan fingerprint density at radius 3 is 2.76 bits per heavy atom. The van der Waals surface area contributed by atoms with E-state index in [1.54, 1.807) is 23.5 Å². The molecule has 5 nitrogen and oxygen atoms in total. The number of anilines is 1. The van der Waals surface area contributed by atoms with Gasteiger partial charge in [-0.25, -0.2) is 0 Å². The molecule has 0 atom stereocenters. The standard InChI is InChI=1S/C14H11N3O2S2/c18-12(9-19-10-5-2-1-3-6-10)15-14-17-16-13(21-14)11-7-4-8-20-11/h1-8H,9H2,(H,15,17,18). The lowest BCUT2D eigenvalue weighted by molar-refractivity contribution is -0.118. The van der Waals surface area contributed by atoms with Crippen LogP contribution in [0.5, 0.6) is 5.75 Å². The van der Waals surface area contributed by atoms with Gasteiger partial charge in [0.15, 0.2) is 11.6 Å². The highest BCUT2D eigenvalue weighted by atomic mass is 32.1. The Bertz CT molecular complexity index is 711. The number of ether oxygens (including phenoxy) is 1. The molecule has 3 aromatic rings. The number of nitrogens with one attached hydrogen (secondary N) is 1. The smallest absolute Gasteiger partial charge is 0.264 e. The van der Waals surface area contributed by atoms with E-state index in [9.17, 15) is 4.79 Å². The van der Waals surface area contributed by atoms with Gasteiger partial charge in [-0.2, -0.15) is 0 Å². The van der Waals surface area contributed by atoms with Crippen LogP contribution in [0.2, 0.25) is 0 Å². The molecule has 0 aliphatic carbocycles. The Labute approximate surface area is 129 Å². The maximum Gasteiger partial charge on any atom is 0.264 e. The van der Waals surface area contributed by atoms with Crippen molar-refractivity contribution in [3.05, 3.63) is 47.8 Å². The van der Waals surface area contributed by atoms with Crippen LogP contribution in [0.1, 0.15) is 0 Å². The van der Waals surface area contributed by atoms with Crippen LogP contribution in [0, 0.1) is 0 Å². The molecule has 0 radical (unpaired) electrons. The molecule has 2 heterocycles. The predicted molar refractivity (Wildman–Crippen MR) is 83.8 cm³/mol. The Morgan fingerprint density at radius 1 is 1.14 bits per heavy atom. The lowest BCUT2D eigenvalue weighted by atomic mass is 10.3. The van der Waals surface area contributed by atoms with E-state index in [4.69, 9.17) is 4.74 Å². The molecule has 0 bridgehead atoms. The van der Waals surface area contributed by atoms with Crippen molar-refractivity contribution in [1.82, 2.24) is 10.2 Å². The summed E-state index contributed by atoms with van der Waals surface area (Å²) in [5.41, 5.74) is 0. The first kappa shape index (κ1) is 13.7. The Kier molecular flexibility index (Phi) is 4.23. The first-order valence-electron chi connectivity index (χ1n) is 6.16. The SMILES string of the molecule is O=C(COc1ccccc1)Nc1nnc(-c2cccs2)s1. The number of benzene rings is 1. The van der Waals surface area contributed by atoms with Crippen molar-refractivity contribution in [2.75, 3.05) is 11.9 Å². The maximum absolute atomic E-state index is 11.8. The molecule has 21 heavy (non-hydrogen) atoms. The van der Waals surface area contributed by atoms with Gasteiger partial charge in [-0.05, 0) is 23.6 Å². The highest BCUT2D eigenvalue weighted by molar-refractivity contribution is 7.23. The lowest BCUT2D eigenvalue weighted by Gasteiger charge is -2.04. The molecule has 0 aliphatic heterocycles. The van der Waals surface area contributed by atoms with Crippen LogP contribution in [-0.2, 0) is 4.79 Å². The summed E-state index contributed by atoms with van der Waals surface area (Å²) in [5, 5.41) is 13.9. The molecule has 1 amide bonds. The van der Waals surface area contributed by atoms with Gasteiger partial charge in [0.05, 0.1) is 4.88 Å². The van der Waals surface area contributed by atoms with Crippen LogP contribution in [0.25, 0.3) is 9.88 Å². The molecule has 0 saturated carbocycles. The number of rotatable bonds is 5. The molecule has 0 saturated heterocycles. The van der Waals surface area contributed by atoms with Crippen LogP contribution >= 0.6 is 22.7 Å². The van der Waals surface area contributed by atoms with Crippen molar-refractivity contribution < 1.29 is 9.53 Å². The molecule has 0 aliphatic rings. The summed E-state index contributed by atoms with van der Waals surface area (Å²) in [7, 11) is 0. The molecule has 0 spiro atoms. The van der Waals surface area contributed by atoms with Crippen LogP contribution < -0.4 is 10.1 Å². The summed E-state index contributed by atoms with van der Waals surface area (Å²) in [4.78, 5) is 12.8. The number of hydrogen-bond donors (Lipinski definition) is 1. The van der Waals surface area contributed by atoms with E-state index in [-0.39, 0.29) is 12.5 Å². The Morgan fingerprint density at radius 2 is 2.00 bits per heavy atom. The zero-order valence-electron chi connectivity index (χ0n) is 10.9. The maximum atomic E-state index is 11.8. The van der Waals surface area contributed by atoms with Gasteiger partial charge in [0, 0.05) is 0 Å². The average molecular weight is 317 g/mol. The fraction of sp³-hybridized carbons (Fsp3) is 0.0714. The van der Waals surface area contributed by atoms with E-state index in [1.807, 2.05) is 35.7 Å². The van der Waals surface area contributed by atoms with E-state index in [0.29, 0.717) is 10.9 Å². The molecule has 2 aromatic heterocycles. The van der Waals surface area contributed by atoms with Gasteiger partial charge in [-0.15, -0.1) is 21.5 Å². The number of carbonyl (C=O) groups is 1. The number of amides is 1. The minimum Gasteiger partial charge on any atom is -0.484 e. The van der Waals surface area contributed by atoms with Gasteiger partial charge in [0.1, 0.15) is 5.75 Å². The summed E-state index contributed by atoms with van der Waals surface area (Å²) in [5.74, 6) is 0.400. The molecular formula is C14H11N3O2S2. The van der Waals surface area contributed by atoms with Gasteiger partial charge in [0.2, 0.25) is 5.13 Å². The fourth-order valence-electron chi connectivity index (χ4n) is 1.59. The number of carbonyl (C=O) groups excluding carboxylic acids is 1. The van der Waals surface area contributed by atoms with Crippen LogP contribution in [0.15, 0.2) is 47.8 Å². The average Bonchev–Trinajstić information content (AvgIpc) is 3.17. The third kappa shape index (κ3) is 3.65. The van der Waals surface area contributed by atoms with Crippen molar-refractivity contribution in [2.45, 2.75) is 0 Å². The van der Waals surface area contributed by atoms with E-state index in [0.717, 1.165) is 9.88 Å². The Hall–Kier alpha value is -2.25. The van der Waals surface area contributed by atoms with Crippen molar-refractivity contribution in [3.63, 3.8) is 0 Å². The molecule has 1 N–H and O–H groups in total. The predicted octanol–water partition coefficient (Wildman–Crippen LogP) is 3.28. The summed E-state index contributed by atoms with van der Waals surface area (Å²) in [6, 6.07) is 13.1. The second-order valence-corrected chi connectivity index (χ2v) is 5.96. The van der Waals surface area contributed by atoms with E-state index < -0.39 is 0 Å². The van der Waals surface area contributed by atoms with Crippen molar-refractivity contribution in [1.29, 1.82) is 0 Å². The van der Waals surface area contributed by atoms with Crippen molar-refractivity contribution in [3.8, 4) is 15.6 Å². The number of thiophene rings is 1. The van der Waals surface area contributed by atoms with Crippen molar-refractivity contribution in [2.24, 2.45) is 0 Å². The zero-order chi connectivity index (χ0) is 14.5. The lowest BCUT2D eigenvalue weighted by Crippen LogP contribution is -2.20. The van der Waals surface area contributed by atoms with Crippen LogP contribution in [0.3, 0.4) is 0 Å². The summed E-state index contributed by atoms with van der Waals surface area (Å²) >= 11 is 2.93. The molecule has 7 heteroatoms. The normalized spacial score (nSPS) is 10.3. The van der Waals surface area contributed by atoms with Gasteiger partial charge >= 0.3 is 0 Å². The highest BCUT2D eigenvalue weighted by Crippen LogP contribution is 2.29. The zero-order valence-corrected chi connectivity index (χ0v) is 12.5. The van der Waals surface area contributed by atoms with E-state index in [1.165, 1.54) is 11.3 Å². The third-order valence-corrected chi connectivity index (χ3v) is 4.39. The molecule has 106 valence electrons. The van der Waals surface area contributed by atoms with Gasteiger partial charge in [0.25, 0.3) is 5.91 Å². The first-order chi connectivity index (χ1) is 10.3.